The SMILES string of the molecule is NNC(=O)C1CC(O)C1. The van der Waals surface area contributed by atoms with Crippen molar-refractivity contribution in [2.24, 2.45) is 11.8 Å². The maximum absolute atomic E-state index is 10.6. The Labute approximate surface area is 53.0 Å². The quantitative estimate of drug-likeness (QED) is 0.236. The van der Waals surface area contributed by atoms with Gasteiger partial charge in [-0.2, -0.15) is 0 Å². The molecule has 0 radical (unpaired) electrons. The largest absolute Gasteiger partial charge is 0.393 e. The maximum Gasteiger partial charge on any atom is 0.237 e. The van der Waals surface area contributed by atoms with Crippen LogP contribution in [-0.2, 0) is 4.79 Å². The smallest absolute Gasteiger partial charge is 0.237 e. The number of nitrogens with one attached hydrogen (secondary N) is 1. The van der Waals surface area contributed by atoms with E-state index in [0.29, 0.717) is 12.8 Å². The molecule has 0 aromatic carbocycles. The number of aliphatic hydroxyl groups is 1. The average molecular weight is 130 g/mol. The Balaban J connectivity index is 2.23. The molecule has 1 amide bonds. The monoisotopic (exact) mass is 130 g/mol. The van der Waals surface area contributed by atoms with E-state index in [1.54, 1.807) is 0 Å². The standard InChI is InChI=1S/C5H10N2O2/c6-7-5(9)3-1-4(8)2-3/h3-4,8H,1-2,6H2,(H,7,9). The summed E-state index contributed by atoms with van der Waals surface area (Å²) in [4.78, 5) is 10.6. The first-order chi connectivity index (χ1) is 4.24. The summed E-state index contributed by atoms with van der Waals surface area (Å²) in [6.07, 6.45) is 0.832. The van der Waals surface area contributed by atoms with E-state index < -0.39 is 0 Å². The van der Waals surface area contributed by atoms with Crippen molar-refractivity contribution in [3.05, 3.63) is 0 Å². The lowest BCUT2D eigenvalue weighted by Gasteiger charge is -2.29. The molecule has 1 aliphatic rings. The number of nitrogens with two attached hydrogens (primary N) is 1. The summed E-state index contributed by atoms with van der Waals surface area (Å²) >= 11 is 0. The van der Waals surface area contributed by atoms with Gasteiger partial charge in [-0.05, 0) is 12.8 Å². The second-order valence-corrected chi connectivity index (χ2v) is 2.33. The molecule has 52 valence electrons. The van der Waals surface area contributed by atoms with E-state index in [4.69, 9.17) is 10.9 Å². The van der Waals surface area contributed by atoms with Crippen molar-refractivity contribution in [3.8, 4) is 0 Å². The summed E-state index contributed by atoms with van der Waals surface area (Å²) in [6, 6.07) is 0. The van der Waals surface area contributed by atoms with Gasteiger partial charge in [0.25, 0.3) is 0 Å². The van der Waals surface area contributed by atoms with E-state index in [1.807, 2.05) is 5.43 Å². The van der Waals surface area contributed by atoms with Crippen molar-refractivity contribution < 1.29 is 9.90 Å². The average Bonchev–Trinajstić information content (AvgIpc) is 1.79. The van der Waals surface area contributed by atoms with Crippen LogP contribution in [0.3, 0.4) is 0 Å². The van der Waals surface area contributed by atoms with Gasteiger partial charge in [0.15, 0.2) is 0 Å². The van der Waals surface area contributed by atoms with Gasteiger partial charge in [0, 0.05) is 5.92 Å². The Morgan fingerprint density at radius 2 is 2.22 bits per heavy atom. The molecule has 1 rings (SSSR count). The number of carbonyl (C=O) groups is 1. The van der Waals surface area contributed by atoms with Crippen LogP contribution in [0.25, 0.3) is 0 Å². The molecule has 0 unspecified atom stereocenters. The van der Waals surface area contributed by atoms with Gasteiger partial charge in [-0.1, -0.05) is 0 Å². The summed E-state index contributed by atoms with van der Waals surface area (Å²) in [7, 11) is 0. The molecule has 1 saturated carbocycles. The van der Waals surface area contributed by atoms with Crippen LogP contribution in [0, 0.1) is 5.92 Å². The Kier molecular flexibility index (Phi) is 1.68. The zero-order valence-electron chi connectivity index (χ0n) is 5.00. The van der Waals surface area contributed by atoms with E-state index in [2.05, 4.69) is 0 Å². The normalized spacial score (nSPS) is 33.1. The molecule has 1 aliphatic carbocycles. The second-order valence-electron chi connectivity index (χ2n) is 2.33. The lowest BCUT2D eigenvalue weighted by molar-refractivity contribution is -0.131. The number of carbonyl (C=O) groups excluding carboxylic acids is 1. The van der Waals surface area contributed by atoms with Crippen LogP contribution < -0.4 is 11.3 Å². The molecule has 0 saturated heterocycles. The highest BCUT2D eigenvalue weighted by atomic mass is 16.3. The minimum absolute atomic E-state index is 0.0509. The maximum atomic E-state index is 10.6. The van der Waals surface area contributed by atoms with E-state index in [9.17, 15) is 4.79 Å². The molecule has 0 spiro atoms. The molecule has 0 aliphatic heterocycles. The third kappa shape index (κ3) is 1.20. The molecule has 4 N–H and O–H groups in total. The molecule has 4 nitrogen and oxygen atoms in total. The van der Waals surface area contributed by atoms with Crippen LogP contribution >= 0.6 is 0 Å². The van der Waals surface area contributed by atoms with Gasteiger partial charge in [-0.15, -0.1) is 0 Å². The number of hydrazine groups is 1. The zero-order valence-corrected chi connectivity index (χ0v) is 5.00. The molecule has 0 heterocycles. The highest BCUT2D eigenvalue weighted by molar-refractivity contribution is 5.78. The topological polar surface area (TPSA) is 75.3 Å². The molecule has 0 aromatic heterocycles. The Bertz CT molecular complexity index is 120. The van der Waals surface area contributed by atoms with Crippen molar-refractivity contribution in [2.45, 2.75) is 18.9 Å². The fourth-order valence-corrected chi connectivity index (χ4v) is 0.920. The van der Waals surface area contributed by atoms with E-state index in [0.717, 1.165) is 0 Å². The molecule has 0 atom stereocenters. The fourth-order valence-electron chi connectivity index (χ4n) is 0.920. The molecule has 0 aromatic rings. The van der Waals surface area contributed by atoms with Gasteiger partial charge in [0.2, 0.25) is 5.91 Å². The second kappa shape index (κ2) is 2.33. The molecular weight excluding hydrogens is 120 g/mol. The summed E-state index contributed by atoms with van der Waals surface area (Å²) in [5, 5.41) is 8.74. The van der Waals surface area contributed by atoms with Gasteiger partial charge < -0.3 is 5.11 Å². The summed E-state index contributed by atoms with van der Waals surface area (Å²) in [5.74, 6) is 4.63. The molecular formula is C5H10N2O2. The van der Waals surface area contributed by atoms with Crippen molar-refractivity contribution in [3.63, 3.8) is 0 Å². The minimum atomic E-state index is -0.285. The van der Waals surface area contributed by atoms with E-state index in [1.165, 1.54) is 0 Å². The predicted octanol–water partition coefficient (Wildman–Crippen LogP) is -1.25. The fraction of sp³-hybridized carbons (Fsp3) is 0.800. The van der Waals surface area contributed by atoms with Gasteiger partial charge in [-0.25, -0.2) is 5.84 Å². The number of hydrogen-bond acceptors (Lipinski definition) is 3. The van der Waals surface area contributed by atoms with Crippen molar-refractivity contribution in [2.75, 3.05) is 0 Å². The van der Waals surface area contributed by atoms with E-state index in [-0.39, 0.29) is 17.9 Å². The number of aliphatic hydroxyl groups excluding tert-OH is 1. The lowest BCUT2D eigenvalue weighted by Crippen LogP contribution is -2.43. The summed E-state index contributed by atoms with van der Waals surface area (Å²) < 4.78 is 0. The molecule has 1 fully saturated rings. The Hall–Kier alpha value is -0.610. The van der Waals surface area contributed by atoms with Gasteiger partial charge >= 0.3 is 0 Å². The number of rotatable bonds is 1. The Morgan fingerprint density at radius 3 is 2.56 bits per heavy atom. The number of amides is 1. The van der Waals surface area contributed by atoms with Crippen molar-refractivity contribution >= 4 is 5.91 Å². The van der Waals surface area contributed by atoms with Crippen LogP contribution in [0.4, 0.5) is 0 Å². The highest BCUT2D eigenvalue weighted by Crippen LogP contribution is 2.26. The van der Waals surface area contributed by atoms with Gasteiger partial charge in [-0.3, -0.25) is 10.2 Å². The van der Waals surface area contributed by atoms with Crippen LogP contribution in [0.5, 0.6) is 0 Å². The zero-order chi connectivity index (χ0) is 6.85. The van der Waals surface area contributed by atoms with Crippen molar-refractivity contribution in [1.82, 2.24) is 5.43 Å². The molecule has 4 heteroatoms. The summed E-state index contributed by atoms with van der Waals surface area (Å²) in [5.41, 5.74) is 2.04. The molecule has 0 bridgehead atoms. The first-order valence-corrected chi connectivity index (χ1v) is 2.92. The van der Waals surface area contributed by atoms with Crippen LogP contribution in [0.15, 0.2) is 0 Å². The van der Waals surface area contributed by atoms with Crippen LogP contribution in [0.1, 0.15) is 12.8 Å². The lowest BCUT2D eigenvalue weighted by atomic mass is 9.82. The first kappa shape index (κ1) is 6.51. The third-order valence-corrected chi connectivity index (χ3v) is 1.63. The minimum Gasteiger partial charge on any atom is -0.393 e. The molecule has 9 heavy (non-hydrogen) atoms. The van der Waals surface area contributed by atoms with Crippen LogP contribution in [0.2, 0.25) is 0 Å². The van der Waals surface area contributed by atoms with Gasteiger partial charge in [0.1, 0.15) is 0 Å². The van der Waals surface area contributed by atoms with Gasteiger partial charge in [0.05, 0.1) is 6.10 Å². The van der Waals surface area contributed by atoms with Crippen LogP contribution in [-0.4, -0.2) is 17.1 Å². The first-order valence-electron chi connectivity index (χ1n) is 2.92. The summed E-state index contributed by atoms with van der Waals surface area (Å²) in [6.45, 7) is 0. The Morgan fingerprint density at radius 1 is 1.67 bits per heavy atom. The predicted molar refractivity (Wildman–Crippen MR) is 31.1 cm³/mol. The number of hydrogen-bond donors (Lipinski definition) is 3. The van der Waals surface area contributed by atoms with E-state index >= 15 is 0 Å². The highest BCUT2D eigenvalue weighted by Gasteiger charge is 2.32. The van der Waals surface area contributed by atoms with Crippen molar-refractivity contribution in [1.29, 1.82) is 0 Å². The third-order valence-electron chi connectivity index (χ3n) is 1.63.